The van der Waals surface area contributed by atoms with Gasteiger partial charge in [0.2, 0.25) is 0 Å². The number of rotatable bonds is 6. The number of ether oxygens (including phenoxy) is 2. The largest absolute Gasteiger partial charge is 0.494 e. The minimum atomic E-state index is -0.230. The van der Waals surface area contributed by atoms with Gasteiger partial charge in [0.25, 0.3) is 0 Å². The van der Waals surface area contributed by atoms with Crippen molar-refractivity contribution >= 4 is 0 Å². The van der Waals surface area contributed by atoms with E-state index in [9.17, 15) is 4.39 Å². The van der Waals surface area contributed by atoms with Crippen molar-refractivity contribution in [3.63, 3.8) is 0 Å². The zero-order valence-electron chi connectivity index (χ0n) is 11.5. The van der Waals surface area contributed by atoms with Gasteiger partial charge in [0.1, 0.15) is 11.6 Å². The summed E-state index contributed by atoms with van der Waals surface area (Å²) >= 11 is 0. The van der Waals surface area contributed by atoms with Crippen LogP contribution in [0.2, 0.25) is 0 Å². The third kappa shape index (κ3) is 4.80. The molecule has 1 atom stereocenters. The maximum absolute atomic E-state index is 12.7. The monoisotopic (exact) mass is 267 g/mol. The lowest BCUT2D eigenvalue weighted by Gasteiger charge is -2.31. The molecule has 0 aliphatic carbocycles. The van der Waals surface area contributed by atoms with Crippen LogP contribution in [0.3, 0.4) is 0 Å². The molecule has 1 saturated heterocycles. The highest BCUT2D eigenvalue weighted by atomic mass is 19.1. The number of piperidine rings is 1. The number of hydrogen-bond acceptors (Lipinski definition) is 3. The highest BCUT2D eigenvalue weighted by Crippen LogP contribution is 2.14. The molecule has 3 nitrogen and oxygen atoms in total. The minimum Gasteiger partial charge on any atom is -0.494 e. The van der Waals surface area contributed by atoms with E-state index in [1.807, 2.05) is 0 Å². The topological polar surface area (TPSA) is 21.7 Å². The number of benzene rings is 1. The number of nitrogens with zero attached hydrogens (tertiary/aromatic N) is 1. The zero-order chi connectivity index (χ0) is 13.5. The lowest BCUT2D eigenvalue weighted by molar-refractivity contribution is 0.0299. The molecule has 1 aliphatic heterocycles. The lowest BCUT2D eigenvalue weighted by Crippen LogP contribution is -2.40. The fourth-order valence-electron chi connectivity index (χ4n) is 2.42. The predicted octanol–water partition coefficient (Wildman–Crippen LogP) is 2.71. The Morgan fingerprint density at radius 1 is 1.32 bits per heavy atom. The van der Waals surface area contributed by atoms with Gasteiger partial charge >= 0.3 is 0 Å². The van der Waals surface area contributed by atoms with E-state index >= 15 is 0 Å². The molecule has 106 valence electrons. The summed E-state index contributed by atoms with van der Waals surface area (Å²) in [7, 11) is 1.78. The Balaban J connectivity index is 1.62. The van der Waals surface area contributed by atoms with Gasteiger partial charge in [-0.05, 0) is 50.1 Å². The van der Waals surface area contributed by atoms with Crippen LogP contribution in [-0.2, 0) is 4.74 Å². The standard InChI is InChI=1S/C15H22FNO2/c1-18-15-4-2-9-17(12-15)10-3-11-19-14-7-5-13(16)6-8-14/h5-8,15H,2-4,9-12H2,1H3. The highest BCUT2D eigenvalue weighted by Gasteiger charge is 2.18. The third-order valence-electron chi connectivity index (χ3n) is 3.50. The Hall–Kier alpha value is -1.13. The van der Waals surface area contributed by atoms with Gasteiger partial charge in [0.05, 0.1) is 12.7 Å². The molecule has 1 aromatic rings. The zero-order valence-corrected chi connectivity index (χ0v) is 11.5. The van der Waals surface area contributed by atoms with Crippen LogP contribution in [0, 0.1) is 5.82 Å². The van der Waals surface area contributed by atoms with Crippen LogP contribution < -0.4 is 4.74 Å². The fraction of sp³-hybridized carbons (Fsp3) is 0.600. The van der Waals surface area contributed by atoms with E-state index in [2.05, 4.69) is 4.90 Å². The van der Waals surface area contributed by atoms with E-state index in [-0.39, 0.29) is 5.82 Å². The van der Waals surface area contributed by atoms with Crippen LogP contribution in [0.25, 0.3) is 0 Å². The van der Waals surface area contributed by atoms with E-state index in [0.717, 1.165) is 31.8 Å². The van der Waals surface area contributed by atoms with Crippen LogP contribution in [-0.4, -0.2) is 44.4 Å². The molecular formula is C15H22FNO2. The summed E-state index contributed by atoms with van der Waals surface area (Å²) in [6, 6.07) is 6.17. The summed E-state index contributed by atoms with van der Waals surface area (Å²) in [5, 5.41) is 0. The average molecular weight is 267 g/mol. The summed E-state index contributed by atoms with van der Waals surface area (Å²) in [5.41, 5.74) is 0. The quantitative estimate of drug-likeness (QED) is 0.740. The number of hydrogen-bond donors (Lipinski definition) is 0. The first kappa shape index (κ1) is 14.3. The maximum atomic E-state index is 12.7. The molecule has 0 N–H and O–H groups in total. The average Bonchev–Trinajstić information content (AvgIpc) is 2.46. The first-order chi connectivity index (χ1) is 9.28. The van der Waals surface area contributed by atoms with Crippen LogP contribution in [0.5, 0.6) is 5.75 Å². The van der Waals surface area contributed by atoms with E-state index in [1.165, 1.54) is 25.0 Å². The summed E-state index contributed by atoms with van der Waals surface area (Å²) < 4.78 is 23.7. The van der Waals surface area contributed by atoms with Gasteiger partial charge in [-0.3, -0.25) is 0 Å². The van der Waals surface area contributed by atoms with Gasteiger partial charge in [0, 0.05) is 20.2 Å². The molecule has 0 radical (unpaired) electrons. The Bertz CT molecular complexity index is 369. The first-order valence-electron chi connectivity index (χ1n) is 6.91. The maximum Gasteiger partial charge on any atom is 0.123 e. The highest BCUT2D eigenvalue weighted by molar-refractivity contribution is 5.21. The van der Waals surface area contributed by atoms with Crippen LogP contribution in [0.4, 0.5) is 4.39 Å². The second kappa shape index (κ2) is 7.46. The normalized spacial score (nSPS) is 20.4. The summed E-state index contributed by atoms with van der Waals surface area (Å²) in [6.07, 6.45) is 3.73. The van der Waals surface area contributed by atoms with Crippen molar-refractivity contribution in [2.75, 3.05) is 33.4 Å². The minimum absolute atomic E-state index is 0.230. The molecule has 1 heterocycles. The molecular weight excluding hydrogens is 245 g/mol. The molecule has 1 unspecified atom stereocenters. The molecule has 0 amide bonds. The van der Waals surface area contributed by atoms with Crippen molar-refractivity contribution in [3.05, 3.63) is 30.1 Å². The summed E-state index contributed by atoms with van der Waals surface area (Å²) in [6.45, 7) is 3.87. The van der Waals surface area contributed by atoms with Crippen LogP contribution in [0.15, 0.2) is 24.3 Å². The number of likely N-dealkylation sites (tertiary alicyclic amines) is 1. The van der Waals surface area contributed by atoms with Gasteiger partial charge in [0.15, 0.2) is 0 Å². The molecule has 0 aromatic heterocycles. The van der Waals surface area contributed by atoms with Crippen molar-refractivity contribution in [2.24, 2.45) is 0 Å². The van der Waals surface area contributed by atoms with Crippen molar-refractivity contribution in [2.45, 2.75) is 25.4 Å². The molecule has 19 heavy (non-hydrogen) atoms. The summed E-state index contributed by atoms with van der Waals surface area (Å²) in [4.78, 5) is 2.42. The SMILES string of the molecule is COC1CCCN(CCCOc2ccc(F)cc2)C1. The second-order valence-corrected chi connectivity index (χ2v) is 4.96. The fourth-order valence-corrected chi connectivity index (χ4v) is 2.42. The smallest absolute Gasteiger partial charge is 0.123 e. The number of methoxy groups -OCH3 is 1. The Labute approximate surface area is 114 Å². The van der Waals surface area contributed by atoms with E-state index in [0.29, 0.717) is 12.7 Å². The van der Waals surface area contributed by atoms with Gasteiger partial charge in [-0.25, -0.2) is 4.39 Å². The van der Waals surface area contributed by atoms with Gasteiger partial charge in [-0.15, -0.1) is 0 Å². The molecule has 0 bridgehead atoms. The lowest BCUT2D eigenvalue weighted by atomic mass is 10.1. The molecule has 0 saturated carbocycles. The molecule has 1 aliphatic rings. The van der Waals surface area contributed by atoms with Crippen LogP contribution >= 0.6 is 0 Å². The van der Waals surface area contributed by atoms with Crippen LogP contribution in [0.1, 0.15) is 19.3 Å². The Kier molecular flexibility index (Phi) is 5.61. The van der Waals surface area contributed by atoms with Gasteiger partial charge < -0.3 is 14.4 Å². The van der Waals surface area contributed by atoms with Crippen molar-refractivity contribution in [3.8, 4) is 5.75 Å². The Morgan fingerprint density at radius 3 is 2.84 bits per heavy atom. The molecule has 4 heteroatoms. The van der Waals surface area contributed by atoms with Gasteiger partial charge in [-0.2, -0.15) is 0 Å². The van der Waals surface area contributed by atoms with Gasteiger partial charge in [-0.1, -0.05) is 0 Å². The number of halogens is 1. The molecule has 1 fully saturated rings. The van der Waals surface area contributed by atoms with Crippen molar-refractivity contribution < 1.29 is 13.9 Å². The van der Waals surface area contributed by atoms with Crippen molar-refractivity contribution in [1.82, 2.24) is 4.90 Å². The Morgan fingerprint density at radius 2 is 2.11 bits per heavy atom. The van der Waals surface area contributed by atoms with E-state index < -0.39 is 0 Å². The summed E-state index contributed by atoms with van der Waals surface area (Å²) in [5.74, 6) is 0.501. The molecule has 1 aromatic carbocycles. The van der Waals surface area contributed by atoms with Crippen molar-refractivity contribution in [1.29, 1.82) is 0 Å². The molecule has 0 spiro atoms. The second-order valence-electron chi connectivity index (χ2n) is 4.96. The van der Waals surface area contributed by atoms with E-state index in [1.54, 1.807) is 19.2 Å². The van der Waals surface area contributed by atoms with E-state index in [4.69, 9.17) is 9.47 Å². The molecule has 2 rings (SSSR count). The third-order valence-corrected chi connectivity index (χ3v) is 3.50. The predicted molar refractivity (Wildman–Crippen MR) is 73.0 cm³/mol. The first-order valence-corrected chi connectivity index (χ1v) is 6.91.